The first-order chi connectivity index (χ1) is 14.0. The SMILES string of the molecule is CSCCC(NC(=O)COc1ccccc1)C(=O)Nc1cccc(NC(N)=O)c1. The first-order valence-electron chi connectivity index (χ1n) is 8.91. The Hall–Kier alpha value is -3.20. The highest BCUT2D eigenvalue weighted by atomic mass is 32.2. The van der Waals surface area contributed by atoms with E-state index in [1.54, 1.807) is 48.2 Å². The lowest BCUT2D eigenvalue weighted by atomic mass is 10.2. The van der Waals surface area contributed by atoms with Gasteiger partial charge in [-0.3, -0.25) is 9.59 Å². The predicted octanol–water partition coefficient (Wildman–Crippen LogP) is 2.43. The maximum absolute atomic E-state index is 12.7. The summed E-state index contributed by atoms with van der Waals surface area (Å²) in [5, 5.41) is 7.90. The Morgan fingerprint density at radius 2 is 1.72 bits per heavy atom. The number of ether oxygens (including phenoxy) is 1. The molecule has 2 aromatic rings. The quantitative estimate of drug-likeness (QED) is 0.474. The average Bonchev–Trinajstić information content (AvgIpc) is 2.70. The number of benzene rings is 2. The number of para-hydroxylation sites is 1. The van der Waals surface area contributed by atoms with Crippen molar-refractivity contribution < 1.29 is 19.1 Å². The topological polar surface area (TPSA) is 123 Å². The fourth-order valence-corrected chi connectivity index (χ4v) is 2.92. The number of nitrogens with two attached hydrogens (primary N) is 1. The second-order valence-electron chi connectivity index (χ2n) is 6.06. The monoisotopic (exact) mass is 416 g/mol. The molecule has 0 radical (unpaired) electrons. The van der Waals surface area contributed by atoms with Crippen LogP contribution >= 0.6 is 11.8 Å². The van der Waals surface area contributed by atoms with Crippen LogP contribution in [-0.2, 0) is 9.59 Å². The summed E-state index contributed by atoms with van der Waals surface area (Å²) in [6, 6.07) is 14.1. The molecule has 0 aliphatic heterocycles. The molecular weight excluding hydrogens is 392 g/mol. The minimum atomic E-state index is -0.720. The predicted molar refractivity (Wildman–Crippen MR) is 115 cm³/mol. The van der Waals surface area contributed by atoms with Crippen molar-refractivity contribution in [3.63, 3.8) is 0 Å². The number of anilines is 2. The Morgan fingerprint density at radius 3 is 2.38 bits per heavy atom. The maximum atomic E-state index is 12.7. The van der Waals surface area contributed by atoms with Crippen molar-refractivity contribution in [3.8, 4) is 5.75 Å². The molecule has 0 fully saturated rings. The molecule has 8 nitrogen and oxygen atoms in total. The van der Waals surface area contributed by atoms with Crippen molar-refractivity contribution in [2.45, 2.75) is 12.5 Å². The molecule has 0 aliphatic rings. The molecule has 0 aromatic heterocycles. The summed E-state index contributed by atoms with van der Waals surface area (Å²) in [4.78, 5) is 35.9. The number of carbonyl (C=O) groups is 3. The van der Waals surface area contributed by atoms with E-state index in [0.29, 0.717) is 29.3 Å². The summed E-state index contributed by atoms with van der Waals surface area (Å²) in [6.45, 7) is -0.189. The molecule has 0 bridgehead atoms. The zero-order valence-corrected chi connectivity index (χ0v) is 16.8. The normalized spacial score (nSPS) is 11.2. The van der Waals surface area contributed by atoms with Gasteiger partial charge in [0.05, 0.1) is 0 Å². The maximum Gasteiger partial charge on any atom is 0.316 e. The highest BCUT2D eigenvalue weighted by molar-refractivity contribution is 7.98. The smallest absolute Gasteiger partial charge is 0.316 e. The van der Waals surface area contributed by atoms with Gasteiger partial charge in [0, 0.05) is 11.4 Å². The lowest BCUT2D eigenvalue weighted by molar-refractivity contribution is -0.127. The molecule has 2 aromatic carbocycles. The van der Waals surface area contributed by atoms with E-state index in [4.69, 9.17) is 10.5 Å². The van der Waals surface area contributed by atoms with Crippen LogP contribution in [0, 0.1) is 0 Å². The van der Waals surface area contributed by atoms with E-state index in [1.165, 1.54) is 0 Å². The second kappa shape index (κ2) is 11.6. The minimum absolute atomic E-state index is 0.189. The lowest BCUT2D eigenvalue weighted by Crippen LogP contribution is -2.45. The van der Waals surface area contributed by atoms with E-state index in [-0.39, 0.29) is 18.4 Å². The molecule has 1 atom stereocenters. The molecule has 0 saturated carbocycles. The van der Waals surface area contributed by atoms with Crippen molar-refractivity contribution in [2.24, 2.45) is 5.73 Å². The third kappa shape index (κ3) is 8.14. The Balaban J connectivity index is 1.96. The number of rotatable bonds is 10. The van der Waals surface area contributed by atoms with Gasteiger partial charge in [-0.2, -0.15) is 11.8 Å². The van der Waals surface area contributed by atoms with Crippen LogP contribution in [0.1, 0.15) is 6.42 Å². The molecule has 29 heavy (non-hydrogen) atoms. The van der Waals surface area contributed by atoms with E-state index in [2.05, 4.69) is 16.0 Å². The van der Waals surface area contributed by atoms with Crippen molar-refractivity contribution in [1.82, 2.24) is 5.32 Å². The fourth-order valence-electron chi connectivity index (χ4n) is 2.45. The highest BCUT2D eigenvalue weighted by Crippen LogP contribution is 2.16. The van der Waals surface area contributed by atoms with Gasteiger partial charge in [0.2, 0.25) is 5.91 Å². The fraction of sp³-hybridized carbons (Fsp3) is 0.250. The number of primary amides is 1. The van der Waals surface area contributed by atoms with Crippen molar-refractivity contribution in [2.75, 3.05) is 29.2 Å². The van der Waals surface area contributed by atoms with E-state index in [1.807, 2.05) is 24.5 Å². The van der Waals surface area contributed by atoms with Crippen LogP contribution in [0.3, 0.4) is 0 Å². The molecule has 1 unspecified atom stereocenters. The van der Waals surface area contributed by atoms with Crippen molar-refractivity contribution >= 4 is 41.0 Å². The molecule has 154 valence electrons. The van der Waals surface area contributed by atoms with Gasteiger partial charge in [-0.15, -0.1) is 0 Å². The van der Waals surface area contributed by atoms with Crippen LogP contribution in [0.4, 0.5) is 16.2 Å². The average molecular weight is 417 g/mol. The zero-order valence-electron chi connectivity index (χ0n) is 16.0. The third-order valence-corrected chi connectivity index (χ3v) is 4.42. The van der Waals surface area contributed by atoms with Crippen molar-refractivity contribution in [1.29, 1.82) is 0 Å². The first kappa shape index (κ1) is 22.1. The van der Waals surface area contributed by atoms with Crippen LogP contribution in [0.2, 0.25) is 0 Å². The Bertz CT molecular complexity index is 832. The van der Waals surface area contributed by atoms with Gasteiger partial charge < -0.3 is 26.4 Å². The number of hydrogen-bond donors (Lipinski definition) is 4. The molecular formula is C20H24N4O4S. The van der Waals surface area contributed by atoms with Crippen LogP contribution in [0.15, 0.2) is 54.6 Å². The summed E-state index contributed by atoms with van der Waals surface area (Å²) < 4.78 is 5.42. The van der Waals surface area contributed by atoms with Gasteiger partial charge >= 0.3 is 6.03 Å². The van der Waals surface area contributed by atoms with Gasteiger partial charge in [-0.1, -0.05) is 24.3 Å². The molecule has 4 amide bonds. The number of amides is 4. The number of thioether (sulfide) groups is 1. The summed E-state index contributed by atoms with van der Waals surface area (Å²) in [6.07, 6.45) is 2.39. The summed E-state index contributed by atoms with van der Waals surface area (Å²) in [7, 11) is 0. The van der Waals surface area contributed by atoms with Gasteiger partial charge in [0.1, 0.15) is 11.8 Å². The van der Waals surface area contributed by atoms with Crippen LogP contribution < -0.4 is 26.4 Å². The minimum Gasteiger partial charge on any atom is -0.484 e. The molecule has 5 N–H and O–H groups in total. The van der Waals surface area contributed by atoms with Crippen molar-refractivity contribution in [3.05, 3.63) is 54.6 Å². The van der Waals surface area contributed by atoms with Crippen LogP contribution in [0.5, 0.6) is 5.75 Å². The van der Waals surface area contributed by atoms with Crippen LogP contribution in [0.25, 0.3) is 0 Å². The lowest BCUT2D eigenvalue weighted by Gasteiger charge is -2.18. The Kier molecular flexibility index (Phi) is 8.84. The largest absolute Gasteiger partial charge is 0.484 e. The van der Waals surface area contributed by atoms with E-state index >= 15 is 0 Å². The van der Waals surface area contributed by atoms with E-state index in [9.17, 15) is 14.4 Å². The van der Waals surface area contributed by atoms with E-state index in [0.717, 1.165) is 0 Å². The molecule has 2 rings (SSSR count). The highest BCUT2D eigenvalue weighted by Gasteiger charge is 2.21. The van der Waals surface area contributed by atoms with Gasteiger partial charge in [-0.25, -0.2) is 4.79 Å². The number of urea groups is 1. The van der Waals surface area contributed by atoms with Gasteiger partial charge in [0.25, 0.3) is 5.91 Å². The molecule has 9 heteroatoms. The zero-order chi connectivity index (χ0) is 21.1. The van der Waals surface area contributed by atoms with Crippen LogP contribution in [-0.4, -0.2) is 42.5 Å². The number of nitrogens with one attached hydrogen (secondary N) is 3. The summed E-state index contributed by atoms with van der Waals surface area (Å²) in [5.74, 6) is 0.524. The summed E-state index contributed by atoms with van der Waals surface area (Å²) >= 11 is 1.58. The standard InChI is InChI=1S/C20H24N4O4S/c1-29-11-10-17(24-18(25)13-28-16-8-3-2-4-9-16)19(26)22-14-6-5-7-15(12-14)23-20(21)27/h2-9,12,17H,10-11,13H2,1H3,(H,22,26)(H,24,25)(H3,21,23,27). The molecule has 0 saturated heterocycles. The summed E-state index contributed by atoms with van der Waals surface area (Å²) in [5.41, 5.74) is 6.04. The Morgan fingerprint density at radius 1 is 1.03 bits per heavy atom. The van der Waals surface area contributed by atoms with Gasteiger partial charge in [-0.05, 0) is 48.8 Å². The molecule has 0 aliphatic carbocycles. The molecule has 0 heterocycles. The molecule has 0 spiro atoms. The number of carbonyl (C=O) groups excluding carboxylic acids is 3. The van der Waals surface area contributed by atoms with E-state index < -0.39 is 12.1 Å². The van der Waals surface area contributed by atoms with Gasteiger partial charge in [0.15, 0.2) is 6.61 Å². The number of hydrogen-bond acceptors (Lipinski definition) is 5. The Labute approximate surface area is 173 Å². The second-order valence-corrected chi connectivity index (χ2v) is 7.05. The first-order valence-corrected chi connectivity index (χ1v) is 10.3. The third-order valence-electron chi connectivity index (χ3n) is 3.77.